The zero-order valence-electron chi connectivity index (χ0n) is 11.6. The molecule has 2 aliphatic carbocycles. The van der Waals surface area contributed by atoms with E-state index in [0.717, 1.165) is 6.42 Å². The van der Waals surface area contributed by atoms with Crippen molar-refractivity contribution >= 4 is 0 Å². The van der Waals surface area contributed by atoms with Crippen molar-refractivity contribution in [2.45, 2.75) is 77.1 Å². The molecule has 3 aliphatic rings. The van der Waals surface area contributed by atoms with E-state index in [2.05, 4.69) is 13.8 Å². The minimum absolute atomic E-state index is 0.136. The van der Waals surface area contributed by atoms with Crippen LogP contribution in [0.4, 0.5) is 0 Å². The second-order valence-corrected chi connectivity index (χ2v) is 7.66. The van der Waals surface area contributed by atoms with Gasteiger partial charge in [-0.2, -0.15) is 0 Å². The lowest BCUT2D eigenvalue weighted by molar-refractivity contribution is -0.0644. The molecule has 0 spiro atoms. The molecule has 1 aliphatic heterocycles. The van der Waals surface area contributed by atoms with Crippen LogP contribution in [-0.2, 0) is 4.74 Å². The van der Waals surface area contributed by atoms with Crippen molar-refractivity contribution in [2.75, 3.05) is 0 Å². The van der Waals surface area contributed by atoms with Crippen LogP contribution in [0.1, 0.15) is 59.8 Å². The van der Waals surface area contributed by atoms with E-state index in [1.807, 2.05) is 13.8 Å². The molecular formula is C15H26O2. The monoisotopic (exact) mass is 238 g/mol. The van der Waals surface area contributed by atoms with Gasteiger partial charge in [0.05, 0.1) is 17.3 Å². The predicted molar refractivity (Wildman–Crippen MR) is 67.7 cm³/mol. The molecule has 2 saturated carbocycles. The first kappa shape index (κ1) is 12.0. The molecule has 2 nitrogen and oxygen atoms in total. The highest BCUT2D eigenvalue weighted by atomic mass is 16.6. The summed E-state index contributed by atoms with van der Waals surface area (Å²) in [7, 11) is 0. The topological polar surface area (TPSA) is 32.8 Å². The zero-order chi connectivity index (χ0) is 12.5. The molecule has 98 valence electrons. The Hall–Kier alpha value is -0.0800. The molecule has 0 bridgehead atoms. The van der Waals surface area contributed by atoms with Crippen LogP contribution < -0.4 is 0 Å². The summed E-state index contributed by atoms with van der Waals surface area (Å²) in [6.45, 7) is 8.68. The highest BCUT2D eigenvalue weighted by Gasteiger charge is 2.66. The van der Waals surface area contributed by atoms with Crippen molar-refractivity contribution < 1.29 is 9.84 Å². The largest absolute Gasteiger partial charge is 0.390 e. The van der Waals surface area contributed by atoms with Gasteiger partial charge >= 0.3 is 0 Å². The van der Waals surface area contributed by atoms with Gasteiger partial charge in [-0.3, -0.25) is 0 Å². The molecule has 2 heteroatoms. The summed E-state index contributed by atoms with van der Waals surface area (Å²) in [4.78, 5) is 0. The first-order chi connectivity index (χ1) is 7.76. The molecule has 3 rings (SSSR count). The molecule has 17 heavy (non-hydrogen) atoms. The van der Waals surface area contributed by atoms with Crippen LogP contribution in [0.2, 0.25) is 0 Å². The zero-order valence-corrected chi connectivity index (χ0v) is 11.6. The van der Waals surface area contributed by atoms with E-state index in [4.69, 9.17) is 4.74 Å². The number of epoxide rings is 1. The standard InChI is InChI=1S/C15H26O2/c1-13(2,16)10-5-7-14(3)8-6-12-15(4,17-12)11(14)9-10/h10-12,16H,5-9H2,1-4H3/t10-,11-,12-,14+,15+/m1/s1. The number of hydrogen-bond donors (Lipinski definition) is 1. The fourth-order valence-corrected chi connectivity index (χ4v) is 4.62. The quantitative estimate of drug-likeness (QED) is 0.712. The molecule has 0 aromatic carbocycles. The van der Waals surface area contributed by atoms with Gasteiger partial charge in [0.25, 0.3) is 0 Å². The van der Waals surface area contributed by atoms with E-state index in [9.17, 15) is 5.11 Å². The number of aliphatic hydroxyl groups is 1. The lowest BCUT2D eigenvalue weighted by Crippen LogP contribution is -2.49. The van der Waals surface area contributed by atoms with Crippen molar-refractivity contribution in [3.8, 4) is 0 Å². The van der Waals surface area contributed by atoms with E-state index < -0.39 is 5.60 Å². The summed E-state index contributed by atoms with van der Waals surface area (Å²) in [6, 6.07) is 0. The minimum atomic E-state index is -0.528. The van der Waals surface area contributed by atoms with Crippen LogP contribution >= 0.6 is 0 Å². The third-order valence-corrected chi connectivity index (χ3v) is 6.07. The van der Waals surface area contributed by atoms with E-state index >= 15 is 0 Å². The summed E-state index contributed by atoms with van der Waals surface area (Å²) in [5, 5.41) is 10.3. The molecule has 3 fully saturated rings. The van der Waals surface area contributed by atoms with Crippen molar-refractivity contribution in [1.29, 1.82) is 0 Å². The Morgan fingerprint density at radius 3 is 2.47 bits per heavy atom. The second kappa shape index (κ2) is 3.27. The van der Waals surface area contributed by atoms with Crippen molar-refractivity contribution in [3.05, 3.63) is 0 Å². The van der Waals surface area contributed by atoms with Gasteiger partial charge in [0.15, 0.2) is 0 Å². The molecule has 1 heterocycles. The Balaban J connectivity index is 1.84. The predicted octanol–water partition coefficient (Wildman–Crippen LogP) is 3.13. The maximum Gasteiger partial charge on any atom is 0.0953 e. The van der Waals surface area contributed by atoms with Gasteiger partial charge in [-0.05, 0) is 70.1 Å². The molecule has 0 aromatic heterocycles. The highest BCUT2D eigenvalue weighted by molar-refractivity contribution is 5.14. The van der Waals surface area contributed by atoms with Gasteiger partial charge in [0.1, 0.15) is 0 Å². The number of rotatable bonds is 1. The van der Waals surface area contributed by atoms with E-state index in [1.54, 1.807) is 0 Å². The number of fused-ring (bicyclic) bond motifs is 3. The summed E-state index contributed by atoms with van der Waals surface area (Å²) < 4.78 is 5.98. The van der Waals surface area contributed by atoms with Crippen molar-refractivity contribution in [1.82, 2.24) is 0 Å². The second-order valence-electron chi connectivity index (χ2n) is 7.66. The maximum absolute atomic E-state index is 10.3. The van der Waals surface area contributed by atoms with Crippen LogP contribution in [-0.4, -0.2) is 22.4 Å². The fourth-order valence-electron chi connectivity index (χ4n) is 4.62. The average Bonchev–Trinajstić information content (AvgIpc) is 2.88. The number of ether oxygens (including phenoxy) is 1. The minimum Gasteiger partial charge on any atom is -0.390 e. The lowest BCUT2D eigenvalue weighted by atomic mass is 9.53. The average molecular weight is 238 g/mol. The van der Waals surface area contributed by atoms with E-state index in [1.165, 1.54) is 25.7 Å². The van der Waals surface area contributed by atoms with Gasteiger partial charge in [-0.15, -0.1) is 0 Å². The van der Waals surface area contributed by atoms with Crippen molar-refractivity contribution in [2.24, 2.45) is 17.3 Å². The third-order valence-electron chi connectivity index (χ3n) is 6.07. The van der Waals surface area contributed by atoms with Gasteiger partial charge < -0.3 is 9.84 Å². The summed E-state index contributed by atoms with van der Waals surface area (Å²) in [5.74, 6) is 1.10. The van der Waals surface area contributed by atoms with Crippen LogP contribution in [0.5, 0.6) is 0 Å². The molecule has 0 amide bonds. The molecule has 1 N–H and O–H groups in total. The Labute approximate surface area is 105 Å². The molecular weight excluding hydrogens is 212 g/mol. The SMILES string of the molecule is CC(C)(O)[C@@H]1CC[C@@]2(C)CC[C@H]3O[C@@]3(C)[C@@H]2C1. The van der Waals surface area contributed by atoms with Crippen LogP contribution in [0.25, 0.3) is 0 Å². The first-order valence-corrected chi connectivity index (χ1v) is 7.16. The van der Waals surface area contributed by atoms with Crippen LogP contribution in [0.15, 0.2) is 0 Å². The molecule has 0 unspecified atom stereocenters. The van der Waals surface area contributed by atoms with Gasteiger partial charge in [-0.25, -0.2) is 0 Å². The van der Waals surface area contributed by atoms with E-state index in [-0.39, 0.29) is 5.60 Å². The number of hydrogen-bond acceptors (Lipinski definition) is 2. The Kier molecular flexibility index (Phi) is 2.30. The van der Waals surface area contributed by atoms with Gasteiger partial charge in [-0.1, -0.05) is 6.92 Å². The molecule has 5 atom stereocenters. The summed E-state index contributed by atoms with van der Waals surface area (Å²) in [6.07, 6.45) is 6.66. The Bertz CT molecular complexity index is 332. The maximum atomic E-state index is 10.3. The van der Waals surface area contributed by atoms with Gasteiger partial charge in [0.2, 0.25) is 0 Å². The van der Waals surface area contributed by atoms with Gasteiger partial charge in [0, 0.05) is 0 Å². The molecule has 0 aromatic rings. The van der Waals surface area contributed by atoms with Crippen LogP contribution in [0.3, 0.4) is 0 Å². The van der Waals surface area contributed by atoms with Crippen molar-refractivity contribution in [3.63, 3.8) is 0 Å². The van der Waals surface area contributed by atoms with E-state index in [0.29, 0.717) is 23.4 Å². The van der Waals surface area contributed by atoms with Crippen LogP contribution in [0, 0.1) is 17.3 Å². The normalized spacial score (nSPS) is 53.8. The highest BCUT2D eigenvalue weighted by Crippen LogP contribution is 2.64. The summed E-state index contributed by atoms with van der Waals surface area (Å²) >= 11 is 0. The summed E-state index contributed by atoms with van der Waals surface area (Å²) in [5.41, 5.74) is 0.0694. The third kappa shape index (κ3) is 1.67. The smallest absolute Gasteiger partial charge is 0.0953 e. The Morgan fingerprint density at radius 1 is 1.18 bits per heavy atom. The molecule has 0 radical (unpaired) electrons. The fraction of sp³-hybridized carbons (Fsp3) is 1.00. The lowest BCUT2D eigenvalue weighted by Gasteiger charge is -2.51. The Morgan fingerprint density at radius 2 is 1.82 bits per heavy atom. The first-order valence-electron chi connectivity index (χ1n) is 7.16. The molecule has 1 saturated heterocycles.